The van der Waals surface area contributed by atoms with Crippen LogP contribution in [0.3, 0.4) is 0 Å². The van der Waals surface area contributed by atoms with E-state index in [9.17, 15) is 9.18 Å². The Morgan fingerprint density at radius 2 is 2.38 bits per heavy atom. The van der Waals surface area contributed by atoms with Crippen LogP contribution in [0.25, 0.3) is 0 Å². The highest BCUT2D eigenvalue weighted by atomic mass is 19.1. The number of rotatable bonds is 3. The Morgan fingerprint density at radius 1 is 1.57 bits per heavy atom. The van der Waals surface area contributed by atoms with E-state index in [0.29, 0.717) is 11.3 Å². The topological polar surface area (TPSA) is 72.9 Å². The van der Waals surface area contributed by atoms with Crippen molar-refractivity contribution in [2.45, 2.75) is 13.0 Å². The van der Waals surface area contributed by atoms with Crippen molar-refractivity contribution in [2.75, 3.05) is 11.9 Å². The van der Waals surface area contributed by atoms with Crippen molar-refractivity contribution in [3.8, 4) is 11.8 Å². The number of amides is 1. The molecule has 1 amide bonds. The molecule has 108 valence electrons. The van der Waals surface area contributed by atoms with Gasteiger partial charge in [0.1, 0.15) is 11.9 Å². The first kappa shape index (κ1) is 14.8. The van der Waals surface area contributed by atoms with Gasteiger partial charge in [0.25, 0.3) is 0 Å². The van der Waals surface area contributed by atoms with Gasteiger partial charge in [0.2, 0.25) is 5.91 Å². The molecule has 1 aromatic carbocycles. The van der Waals surface area contributed by atoms with Gasteiger partial charge in [0.15, 0.2) is 0 Å². The summed E-state index contributed by atoms with van der Waals surface area (Å²) in [5.41, 5.74) is 6.15. The predicted octanol–water partition coefficient (Wildman–Crippen LogP) is 1.53. The monoisotopic (exact) mass is 286 g/mol. The largest absolute Gasteiger partial charge is 0.323 e. The van der Waals surface area contributed by atoms with Crippen LogP contribution in [0.1, 0.15) is 18.5 Å². The van der Waals surface area contributed by atoms with E-state index in [-0.39, 0.29) is 12.5 Å². The minimum absolute atomic E-state index is 0.160. The van der Waals surface area contributed by atoms with E-state index in [0.717, 1.165) is 0 Å². The Balaban J connectivity index is 2.21. The van der Waals surface area contributed by atoms with Crippen LogP contribution in [0.4, 0.5) is 10.1 Å². The summed E-state index contributed by atoms with van der Waals surface area (Å²) >= 11 is 0. The van der Waals surface area contributed by atoms with E-state index in [2.05, 4.69) is 22.3 Å². The fourth-order valence-corrected chi connectivity index (χ4v) is 1.74. The third-order valence-electron chi connectivity index (χ3n) is 2.87. The lowest BCUT2D eigenvalue weighted by molar-refractivity contribution is -0.119. The molecular formula is C15H15FN4O. The number of nitrogens with one attached hydrogen (secondary N) is 1. The number of carbonyl (C=O) groups is 1. The zero-order chi connectivity index (χ0) is 15.2. The Bertz CT molecular complexity index is 685. The molecular weight excluding hydrogens is 271 g/mol. The molecule has 0 radical (unpaired) electrons. The number of carbonyl (C=O) groups excluding carboxylic acids is 1. The molecule has 0 bridgehead atoms. The molecule has 0 saturated heterocycles. The Labute approximate surface area is 122 Å². The maximum atomic E-state index is 13.3. The summed E-state index contributed by atoms with van der Waals surface area (Å²) in [5, 5.41) is 6.74. The Kier molecular flexibility index (Phi) is 4.69. The van der Waals surface area contributed by atoms with Gasteiger partial charge in [-0.15, -0.1) is 0 Å². The summed E-state index contributed by atoms with van der Waals surface area (Å²) < 4.78 is 14.8. The first-order valence-electron chi connectivity index (χ1n) is 6.40. The highest BCUT2D eigenvalue weighted by Crippen LogP contribution is 2.18. The molecule has 1 atom stereocenters. The van der Waals surface area contributed by atoms with Gasteiger partial charge in [-0.25, -0.2) is 4.39 Å². The number of hydrogen-bond acceptors (Lipinski definition) is 3. The summed E-state index contributed by atoms with van der Waals surface area (Å²) in [7, 11) is 0. The maximum Gasteiger partial charge on any atom is 0.248 e. The van der Waals surface area contributed by atoms with Gasteiger partial charge >= 0.3 is 0 Å². The van der Waals surface area contributed by atoms with E-state index in [1.807, 2.05) is 0 Å². The molecule has 0 aliphatic carbocycles. The second kappa shape index (κ2) is 6.68. The number of benzene rings is 1. The number of aromatic nitrogens is 2. The fraction of sp³-hybridized carbons (Fsp3) is 0.200. The average Bonchev–Trinajstić information content (AvgIpc) is 3.00. The lowest BCUT2D eigenvalue weighted by atomic mass is 10.1. The van der Waals surface area contributed by atoms with Crippen molar-refractivity contribution >= 4 is 11.6 Å². The third-order valence-corrected chi connectivity index (χ3v) is 2.87. The van der Waals surface area contributed by atoms with Crippen LogP contribution in [-0.2, 0) is 4.79 Å². The first-order valence-corrected chi connectivity index (χ1v) is 6.40. The highest BCUT2D eigenvalue weighted by Gasteiger charge is 2.16. The van der Waals surface area contributed by atoms with Crippen molar-refractivity contribution in [1.82, 2.24) is 9.78 Å². The number of nitrogens with two attached hydrogens (primary N) is 1. The van der Waals surface area contributed by atoms with Crippen LogP contribution in [0, 0.1) is 17.7 Å². The standard InChI is InChI=1S/C15H15FN4O/c1-11(20-9-3-8-18-20)15(21)19-14-6-5-13(16)10-12(14)4-2-7-17/h3,5-6,8-11H,7,17H2,1H3,(H,19,21). The molecule has 2 rings (SSSR count). The van der Waals surface area contributed by atoms with Crippen molar-refractivity contribution in [2.24, 2.45) is 5.73 Å². The Hall–Kier alpha value is -2.65. The quantitative estimate of drug-likeness (QED) is 0.840. The number of halogens is 1. The lowest BCUT2D eigenvalue weighted by Gasteiger charge is -2.13. The van der Waals surface area contributed by atoms with Crippen LogP contribution < -0.4 is 11.1 Å². The van der Waals surface area contributed by atoms with Crippen LogP contribution >= 0.6 is 0 Å². The first-order chi connectivity index (χ1) is 10.1. The molecule has 0 aliphatic heterocycles. The molecule has 1 unspecified atom stereocenters. The van der Waals surface area contributed by atoms with Gasteiger partial charge in [0, 0.05) is 12.4 Å². The van der Waals surface area contributed by atoms with Gasteiger partial charge in [-0.05, 0) is 31.2 Å². The van der Waals surface area contributed by atoms with E-state index in [4.69, 9.17) is 5.73 Å². The van der Waals surface area contributed by atoms with Crippen molar-refractivity contribution in [1.29, 1.82) is 0 Å². The van der Waals surface area contributed by atoms with Gasteiger partial charge in [-0.1, -0.05) is 11.8 Å². The van der Waals surface area contributed by atoms with E-state index >= 15 is 0 Å². The van der Waals surface area contributed by atoms with Gasteiger partial charge in [-0.2, -0.15) is 5.10 Å². The summed E-state index contributed by atoms with van der Waals surface area (Å²) in [6.45, 7) is 1.88. The Morgan fingerprint density at radius 3 is 3.05 bits per heavy atom. The molecule has 0 spiro atoms. The summed E-state index contributed by atoms with van der Waals surface area (Å²) in [4.78, 5) is 12.2. The number of anilines is 1. The SMILES string of the molecule is CC(C(=O)Nc1ccc(F)cc1C#CCN)n1cccn1. The predicted molar refractivity (Wildman–Crippen MR) is 77.9 cm³/mol. The molecule has 5 nitrogen and oxygen atoms in total. The molecule has 6 heteroatoms. The third kappa shape index (κ3) is 3.68. The van der Waals surface area contributed by atoms with E-state index in [1.165, 1.54) is 22.9 Å². The van der Waals surface area contributed by atoms with Crippen LogP contribution in [0.15, 0.2) is 36.7 Å². The molecule has 0 saturated carbocycles. The van der Waals surface area contributed by atoms with Gasteiger partial charge in [-0.3, -0.25) is 9.48 Å². The smallest absolute Gasteiger partial charge is 0.248 e. The van der Waals surface area contributed by atoms with E-state index < -0.39 is 11.9 Å². The van der Waals surface area contributed by atoms with Gasteiger partial charge in [0.05, 0.1) is 17.8 Å². The number of hydrogen-bond donors (Lipinski definition) is 2. The number of nitrogens with zero attached hydrogens (tertiary/aromatic N) is 2. The van der Waals surface area contributed by atoms with Crippen LogP contribution in [0.2, 0.25) is 0 Å². The molecule has 21 heavy (non-hydrogen) atoms. The highest BCUT2D eigenvalue weighted by molar-refractivity contribution is 5.94. The van der Waals surface area contributed by atoms with E-state index in [1.54, 1.807) is 25.4 Å². The minimum Gasteiger partial charge on any atom is -0.323 e. The summed E-state index contributed by atoms with van der Waals surface area (Å²) in [6, 6.07) is 5.25. The molecule has 2 aromatic rings. The average molecular weight is 286 g/mol. The fourth-order valence-electron chi connectivity index (χ4n) is 1.74. The zero-order valence-corrected chi connectivity index (χ0v) is 11.5. The van der Waals surface area contributed by atoms with Crippen LogP contribution in [0.5, 0.6) is 0 Å². The molecule has 0 aliphatic rings. The maximum absolute atomic E-state index is 13.3. The summed E-state index contributed by atoms with van der Waals surface area (Å²) in [6.07, 6.45) is 3.30. The second-order valence-electron chi connectivity index (χ2n) is 4.35. The van der Waals surface area contributed by atoms with Crippen molar-refractivity contribution < 1.29 is 9.18 Å². The second-order valence-corrected chi connectivity index (χ2v) is 4.35. The normalized spacial score (nSPS) is 11.4. The molecule has 1 heterocycles. The molecule has 3 N–H and O–H groups in total. The van der Waals surface area contributed by atoms with Crippen LogP contribution in [-0.4, -0.2) is 22.2 Å². The molecule has 0 fully saturated rings. The van der Waals surface area contributed by atoms with Crippen molar-refractivity contribution in [3.63, 3.8) is 0 Å². The van der Waals surface area contributed by atoms with Crippen molar-refractivity contribution in [3.05, 3.63) is 48.0 Å². The summed E-state index contributed by atoms with van der Waals surface area (Å²) in [5.74, 6) is 4.70. The molecule has 1 aromatic heterocycles. The minimum atomic E-state index is -0.486. The van der Waals surface area contributed by atoms with Gasteiger partial charge < -0.3 is 11.1 Å². The lowest BCUT2D eigenvalue weighted by Crippen LogP contribution is -2.24. The zero-order valence-electron chi connectivity index (χ0n) is 11.5.